The van der Waals surface area contributed by atoms with Crippen LogP contribution in [0.5, 0.6) is 0 Å². The van der Waals surface area contributed by atoms with Crippen molar-refractivity contribution in [1.82, 2.24) is 0 Å². The van der Waals surface area contributed by atoms with E-state index in [9.17, 15) is 4.79 Å². The van der Waals surface area contributed by atoms with Crippen LogP contribution in [0.25, 0.3) is 0 Å². The summed E-state index contributed by atoms with van der Waals surface area (Å²) in [5.41, 5.74) is 6.70. The zero-order valence-electron chi connectivity index (χ0n) is 10.6. The third-order valence-corrected chi connectivity index (χ3v) is 1.98. The number of ether oxygens (including phenoxy) is 1. The first-order valence-corrected chi connectivity index (χ1v) is 5.90. The monoisotopic (exact) mass is 255 g/mol. The second kappa shape index (κ2) is 10.6. The van der Waals surface area contributed by atoms with E-state index in [2.05, 4.69) is 6.92 Å². The van der Waals surface area contributed by atoms with Crippen molar-refractivity contribution in [2.24, 2.45) is 0 Å². The van der Waals surface area contributed by atoms with Crippen LogP contribution < -0.4 is 5.73 Å². The van der Waals surface area contributed by atoms with Gasteiger partial charge in [0.15, 0.2) is 0 Å². The third-order valence-electron chi connectivity index (χ3n) is 1.98. The normalized spacial score (nSPS) is 9.28. The lowest BCUT2D eigenvalue weighted by molar-refractivity contribution is 0.0500. The molecule has 1 aromatic carbocycles. The van der Waals surface area contributed by atoms with Gasteiger partial charge in [0.2, 0.25) is 0 Å². The maximum absolute atomic E-state index is 11.4. The van der Waals surface area contributed by atoms with Gasteiger partial charge in [0.05, 0.1) is 25.4 Å². The van der Waals surface area contributed by atoms with Gasteiger partial charge < -0.3 is 20.7 Å². The van der Waals surface area contributed by atoms with Crippen molar-refractivity contribution in [3.05, 3.63) is 29.8 Å². The molecule has 0 bridgehead atoms. The van der Waals surface area contributed by atoms with Gasteiger partial charge in [-0.25, -0.2) is 4.79 Å². The van der Waals surface area contributed by atoms with E-state index in [1.807, 2.05) is 0 Å². The van der Waals surface area contributed by atoms with Crippen molar-refractivity contribution < 1.29 is 19.7 Å². The number of carbonyl (C=O) groups is 1. The van der Waals surface area contributed by atoms with Gasteiger partial charge in [0.25, 0.3) is 0 Å². The molecular weight excluding hydrogens is 234 g/mol. The molecule has 0 saturated carbocycles. The Morgan fingerprint density at radius 3 is 2.22 bits per heavy atom. The van der Waals surface area contributed by atoms with Crippen LogP contribution in [0.4, 0.5) is 5.69 Å². The Hall–Kier alpha value is -1.59. The Bertz CT molecular complexity index is 322. The van der Waals surface area contributed by atoms with E-state index in [-0.39, 0.29) is 19.2 Å². The first-order chi connectivity index (χ1) is 8.65. The number of aliphatic hydroxyl groups is 2. The second-order valence-electron chi connectivity index (χ2n) is 3.56. The summed E-state index contributed by atoms with van der Waals surface area (Å²) in [5.74, 6) is -0.279. The smallest absolute Gasteiger partial charge is 0.338 e. The first-order valence-electron chi connectivity index (χ1n) is 5.90. The van der Waals surface area contributed by atoms with Gasteiger partial charge in [-0.2, -0.15) is 0 Å². The minimum atomic E-state index is -0.279. The van der Waals surface area contributed by atoms with Crippen LogP contribution in [0.15, 0.2) is 24.3 Å². The quantitative estimate of drug-likeness (QED) is 0.417. The fourth-order valence-corrected chi connectivity index (χ4v) is 1.01. The van der Waals surface area contributed by atoms with Crippen LogP contribution >= 0.6 is 0 Å². The number of aliphatic hydroxyl groups excluding tert-OH is 2. The summed E-state index contributed by atoms with van der Waals surface area (Å²) in [7, 11) is 0. The molecule has 0 atom stereocenters. The topological polar surface area (TPSA) is 92.8 Å². The predicted octanol–water partition coefficient (Wildman–Crippen LogP) is 1.20. The fourth-order valence-electron chi connectivity index (χ4n) is 1.01. The number of carbonyl (C=O) groups excluding carboxylic acids is 1. The Kier molecular flexibility index (Phi) is 9.62. The molecule has 18 heavy (non-hydrogen) atoms. The summed E-state index contributed by atoms with van der Waals surface area (Å²) in [6.45, 7) is 2.29. The zero-order chi connectivity index (χ0) is 13.8. The molecule has 5 heteroatoms. The average molecular weight is 255 g/mol. The van der Waals surface area contributed by atoms with Crippen molar-refractivity contribution in [2.75, 3.05) is 25.6 Å². The van der Waals surface area contributed by atoms with Crippen molar-refractivity contribution >= 4 is 11.7 Å². The van der Waals surface area contributed by atoms with Gasteiger partial charge in [-0.1, -0.05) is 13.3 Å². The lowest BCUT2D eigenvalue weighted by atomic mass is 10.2. The lowest BCUT2D eigenvalue weighted by Gasteiger charge is -2.03. The summed E-state index contributed by atoms with van der Waals surface area (Å²) in [4.78, 5) is 11.4. The van der Waals surface area contributed by atoms with Gasteiger partial charge in [0, 0.05) is 5.69 Å². The fraction of sp³-hybridized carbons (Fsp3) is 0.462. The molecule has 0 unspecified atom stereocenters. The number of nitrogen functional groups attached to an aromatic ring is 1. The van der Waals surface area contributed by atoms with Crippen LogP contribution in [-0.2, 0) is 4.74 Å². The maximum Gasteiger partial charge on any atom is 0.338 e. The first kappa shape index (κ1) is 16.4. The molecular formula is C13H21NO4. The molecule has 0 fully saturated rings. The highest BCUT2D eigenvalue weighted by atomic mass is 16.5. The number of hydrogen-bond donors (Lipinski definition) is 3. The molecule has 5 nitrogen and oxygen atoms in total. The average Bonchev–Trinajstić information content (AvgIpc) is 2.40. The lowest BCUT2D eigenvalue weighted by Crippen LogP contribution is -2.06. The third kappa shape index (κ3) is 7.65. The Morgan fingerprint density at radius 2 is 1.78 bits per heavy atom. The van der Waals surface area contributed by atoms with Crippen LogP contribution in [0.3, 0.4) is 0 Å². The number of hydrogen-bond acceptors (Lipinski definition) is 5. The van der Waals surface area contributed by atoms with E-state index in [0.717, 1.165) is 12.8 Å². The number of rotatable bonds is 5. The summed E-state index contributed by atoms with van der Waals surface area (Å²) in [6.07, 6.45) is 1.93. The highest BCUT2D eigenvalue weighted by Crippen LogP contribution is 2.07. The van der Waals surface area contributed by atoms with Crippen LogP contribution in [0, 0.1) is 0 Å². The molecule has 0 aliphatic heterocycles. The molecule has 102 valence electrons. The van der Waals surface area contributed by atoms with Gasteiger partial charge in [-0.3, -0.25) is 0 Å². The number of nitrogens with two attached hydrogens (primary N) is 1. The Balaban J connectivity index is 0.000000631. The van der Waals surface area contributed by atoms with Crippen molar-refractivity contribution in [3.63, 3.8) is 0 Å². The largest absolute Gasteiger partial charge is 0.462 e. The van der Waals surface area contributed by atoms with E-state index in [1.54, 1.807) is 24.3 Å². The SMILES string of the molecule is CCCCOC(=O)c1ccc(N)cc1.OCCO. The van der Waals surface area contributed by atoms with Gasteiger partial charge in [-0.15, -0.1) is 0 Å². The number of esters is 1. The van der Waals surface area contributed by atoms with Crippen molar-refractivity contribution in [3.8, 4) is 0 Å². The van der Waals surface area contributed by atoms with Crippen molar-refractivity contribution in [1.29, 1.82) is 0 Å². The molecule has 0 radical (unpaired) electrons. The molecule has 1 rings (SSSR count). The van der Waals surface area contributed by atoms with Gasteiger partial charge in [0.1, 0.15) is 0 Å². The zero-order valence-corrected chi connectivity index (χ0v) is 10.6. The molecule has 0 amide bonds. The van der Waals surface area contributed by atoms with Gasteiger partial charge in [-0.05, 0) is 30.7 Å². The summed E-state index contributed by atoms with van der Waals surface area (Å²) < 4.78 is 5.03. The van der Waals surface area contributed by atoms with E-state index in [4.69, 9.17) is 20.7 Å². The molecule has 0 heterocycles. The second-order valence-corrected chi connectivity index (χ2v) is 3.56. The van der Waals surface area contributed by atoms with E-state index >= 15 is 0 Å². The molecule has 1 aromatic rings. The predicted molar refractivity (Wildman–Crippen MR) is 70.2 cm³/mol. The van der Waals surface area contributed by atoms with Crippen LogP contribution in [0.2, 0.25) is 0 Å². The number of anilines is 1. The molecule has 0 aromatic heterocycles. The number of unbranched alkanes of at least 4 members (excludes halogenated alkanes) is 1. The summed E-state index contributed by atoms with van der Waals surface area (Å²) in [5, 5.41) is 15.2. The highest BCUT2D eigenvalue weighted by molar-refractivity contribution is 5.89. The highest BCUT2D eigenvalue weighted by Gasteiger charge is 2.05. The molecule has 0 aliphatic carbocycles. The van der Waals surface area contributed by atoms with E-state index < -0.39 is 0 Å². The van der Waals surface area contributed by atoms with Crippen LogP contribution in [-0.4, -0.2) is 36.0 Å². The van der Waals surface area contributed by atoms with Crippen LogP contribution in [0.1, 0.15) is 30.1 Å². The van der Waals surface area contributed by atoms with E-state index in [1.165, 1.54) is 0 Å². The summed E-state index contributed by atoms with van der Waals surface area (Å²) >= 11 is 0. The Labute approximate surface area is 107 Å². The minimum absolute atomic E-state index is 0.125. The minimum Gasteiger partial charge on any atom is -0.462 e. The maximum atomic E-state index is 11.4. The standard InChI is InChI=1S/C11H15NO2.C2H6O2/c1-2-3-8-14-11(13)9-4-6-10(12)7-5-9;3-1-2-4/h4-7H,2-3,8,12H2,1H3;3-4H,1-2H2. The molecule has 4 N–H and O–H groups in total. The molecule has 0 spiro atoms. The Morgan fingerprint density at radius 1 is 1.22 bits per heavy atom. The van der Waals surface area contributed by atoms with Gasteiger partial charge >= 0.3 is 5.97 Å². The summed E-state index contributed by atoms with van der Waals surface area (Å²) in [6, 6.07) is 6.72. The molecule has 0 aliphatic rings. The van der Waals surface area contributed by atoms with Crippen molar-refractivity contribution in [2.45, 2.75) is 19.8 Å². The number of benzene rings is 1. The van der Waals surface area contributed by atoms with E-state index in [0.29, 0.717) is 17.9 Å². The molecule has 0 saturated heterocycles.